The van der Waals surface area contributed by atoms with Gasteiger partial charge in [0.15, 0.2) is 0 Å². The van der Waals surface area contributed by atoms with Crippen LogP contribution in [0.25, 0.3) is 0 Å². The zero-order chi connectivity index (χ0) is 12.4. The Morgan fingerprint density at radius 1 is 0.938 bits per heavy atom. The van der Waals surface area contributed by atoms with Gasteiger partial charge in [0.2, 0.25) is 4.73 Å². The Labute approximate surface area is 97.7 Å². The van der Waals surface area contributed by atoms with E-state index < -0.39 is 19.9 Å². The van der Waals surface area contributed by atoms with Gasteiger partial charge in [0, 0.05) is 13.1 Å². The van der Waals surface area contributed by atoms with Crippen LogP contribution in [0.3, 0.4) is 0 Å². The number of nitrogens with zero attached hydrogens (tertiary/aromatic N) is 1. The molecular weight excluding hydrogens is 276 g/mol. The van der Waals surface area contributed by atoms with Gasteiger partial charge in [0.25, 0.3) is 0 Å². The average molecular weight is 291 g/mol. The number of rotatable bonds is 4. The molecule has 1 rings (SSSR count). The molecule has 16 heavy (non-hydrogen) atoms. The van der Waals surface area contributed by atoms with Crippen molar-refractivity contribution in [1.29, 1.82) is 0 Å². The van der Waals surface area contributed by atoms with Gasteiger partial charge in [-0.3, -0.25) is 9.13 Å². The highest BCUT2D eigenvalue weighted by Crippen LogP contribution is 2.65. The van der Waals surface area contributed by atoms with Gasteiger partial charge in [0.05, 0.1) is 0 Å². The van der Waals surface area contributed by atoms with Gasteiger partial charge in [-0.2, -0.15) is 0 Å². The quantitative estimate of drug-likeness (QED) is 0.443. The largest absolute Gasteiger partial charge is 0.352 e. The fraction of sp³-hybridized carbons (Fsp3) is 1.00. The topological polar surface area (TPSA) is 118 Å². The fourth-order valence-corrected chi connectivity index (χ4v) is 5.51. The smallest absolute Gasteiger partial charge is 0.323 e. The third-order valence-electron chi connectivity index (χ3n) is 2.13. The molecule has 0 atom stereocenters. The first-order valence-electron chi connectivity index (χ1n) is 4.73. The van der Waals surface area contributed by atoms with E-state index in [9.17, 15) is 9.13 Å². The Morgan fingerprint density at radius 3 is 1.75 bits per heavy atom. The Bertz CT molecular complexity index is 299. The molecule has 96 valence electrons. The van der Waals surface area contributed by atoms with Crippen molar-refractivity contribution in [2.24, 2.45) is 0 Å². The van der Waals surface area contributed by atoms with Crippen molar-refractivity contribution in [3.63, 3.8) is 0 Å². The van der Waals surface area contributed by atoms with Crippen molar-refractivity contribution < 1.29 is 28.7 Å². The van der Waals surface area contributed by atoms with E-state index in [1.807, 2.05) is 0 Å². The molecule has 1 aliphatic heterocycles. The second-order valence-corrected chi connectivity index (χ2v) is 9.29. The fourth-order valence-electron chi connectivity index (χ4n) is 1.42. The third-order valence-corrected chi connectivity index (χ3v) is 8.16. The summed E-state index contributed by atoms with van der Waals surface area (Å²) in [5.41, 5.74) is 0. The van der Waals surface area contributed by atoms with E-state index in [4.69, 9.17) is 19.6 Å². The molecule has 0 aromatic heterocycles. The first-order chi connectivity index (χ1) is 7.21. The van der Waals surface area contributed by atoms with Crippen molar-refractivity contribution in [3.8, 4) is 0 Å². The summed E-state index contributed by atoms with van der Waals surface area (Å²) in [5, 5.41) is 0. The van der Waals surface area contributed by atoms with Crippen LogP contribution in [0, 0.1) is 0 Å². The highest BCUT2D eigenvalue weighted by molar-refractivity contribution is 8.10. The molecule has 1 aliphatic rings. The second kappa shape index (κ2) is 5.50. The Balaban J connectivity index is 2.71. The maximum absolute atomic E-state index is 11.0. The molecule has 10 heteroatoms. The van der Waals surface area contributed by atoms with E-state index >= 15 is 0 Å². The van der Waals surface area contributed by atoms with Gasteiger partial charge >= 0.3 is 15.2 Å². The maximum atomic E-state index is 11.0. The summed E-state index contributed by atoms with van der Waals surface area (Å²) in [4.78, 5) is 35.7. The van der Waals surface area contributed by atoms with Crippen LogP contribution < -0.4 is 0 Å². The van der Waals surface area contributed by atoms with Gasteiger partial charge < -0.3 is 19.6 Å². The summed E-state index contributed by atoms with van der Waals surface area (Å²) >= 11 is 0.587. The first-order valence-corrected chi connectivity index (χ1v) is 8.93. The lowest BCUT2D eigenvalue weighted by Gasteiger charge is -2.29. The molecule has 1 heterocycles. The van der Waals surface area contributed by atoms with Crippen molar-refractivity contribution in [2.75, 3.05) is 13.1 Å². The highest BCUT2D eigenvalue weighted by atomic mass is 32.2. The molecule has 1 fully saturated rings. The summed E-state index contributed by atoms with van der Waals surface area (Å²) in [6.07, 6.45) is 2.79. The lowest BCUT2D eigenvalue weighted by Crippen LogP contribution is -2.26. The van der Waals surface area contributed by atoms with Crippen LogP contribution in [0.15, 0.2) is 0 Å². The Hall–Kier alpha value is 0.610. The lowest BCUT2D eigenvalue weighted by molar-refractivity contribution is 0.347. The van der Waals surface area contributed by atoms with E-state index in [1.165, 1.54) is 0 Å². The summed E-state index contributed by atoms with van der Waals surface area (Å²) < 4.78 is 21.7. The van der Waals surface area contributed by atoms with Gasteiger partial charge in [-0.05, 0) is 24.8 Å². The molecular formula is C6H15NO6P2S. The van der Waals surface area contributed by atoms with E-state index in [-0.39, 0.29) is 0 Å². The van der Waals surface area contributed by atoms with E-state index in [1.54, 1.807) is 4.31 Å². The summed E-state index contributed by atoms with van der Waals surface area (Å²) in [7, 11) is -9.61. The normalized spacial score (nSPS) is 20.3. The number of hydrogen-bond acceptors (Lipinski definition) is 4. The minimum atomic E-state index is -4.81. The van der Waals surface area contributed by atoms with E-state index in [0.717, 1.165) is 19.3 Å². The average Bonchev–Trinajstić information content (AvgIpc) is 2.12. The maximum Gasteiger partial charge on any atom is 0.352 e. The van der Waals surface area contributed by atoms with Gasteiger partial charge in [0.1, 0.15) is 0 Å². The third kappa shape index (κ3) is 4.47. The molecule has 0 saturated carbocycles. The van der Waals surface area contributed by atoms with Crippen LogP contribution in [-0.4, -0.2) is 41.7 Å². The van der Waals surface area contributed by atoms with Gasteiger partial charge in [-0.15, -0.1) is 0 Å². The van der Waals surface area contributed by atoms with Crippen molar-refractivity contribution >= 4 is 27.1 Å². The standard InChI is InChI=1S/C6H15NO6P2S/c8-14(9,10)6(15(11,12)13)16-7-4-2-1-3-5-7/h6H,1-5H2,(H2,8,9,10)(H2,11,12,13). The van der Waals surface area contributed by atoms with Gasteiger partial charge in [-0.25, -0.2) is 4.31 Å². The minimum Gasteiger partial charge on any atom is -0.323 e. The second-order valence-electron chi connectivity index (χ2n) is 3.60. The molecule has 4 N–H and O–H groups in total. The molecule has 0 aliphatic carbocycles. The van der Waals surface area contributed by atoms with Crippen molar-refractivity contribution in [1.82, 2.24) is 4.31 Å². The van der Waals surface area contributed by atoms with Crippen LogP contribution in [0.1, 0.15) is 19.3 Å². The van der Waals surface area contributed by atoms with E-state index in [2.05, 4.69) is 0 Å². The zero-order valence-electron chi connectivity index (χ0n) is 8.47. The SMILES string of the molecule is O=P(O)(O)C(SN1CCCCC1)P(=O)(O)O. The first kappa shape index (κ1) is 14.7. The van der Waals surface area contributed by atoms with Crippen LogP contribution in [-0.2, 0) is 9.13 Å². The number of piperidine rings is 1. The monoisotopic (exact) mass is 291 g/mol. The molecule has 0 bridgehead atoms. The van der Waals surface area contributed by atoms with Crippen molar-refractivity contribution in [3.05, 3.63) is 0 Å². The Morgan fingerprint density at radius 2 is 1.38 bits per heavy atom. The predicted molar refractivity (Wildman–Crippen MR) is 60.9 cm³/mol. The lowest BCUT2D eigenvalue weighted by atomic mass is 10.2. The summed E-state index contributed by atoms with van der Waals surface area (Å²) in [6, 6.07) is 0. The van der Waals surface area contributed by atoms with Crippen LogP contribution in [0.4, 0.5) is 0 Å². The van der Waals surface area contributed by atoms with E-state index in [0.29, 0.717) is 25.0 Å². The molecule has 0 unspecified atom stereocenters. The number of hydrogen-bond donors (Lipinski definition) is 4. The summed E-state index contributed by atoms with van der Waals surface area (Å²) in [5.74, 6) is 0. The van der Waals surface area contributed by atoms with Crippen LogP contribution in [0.2, 0.25) is 0 Å². The summed E-state index contributed by atoms with van der Waals surface area (Å²) in [6.45, 7) is 1.20. The molecule has 0 aromatic carbocycles. The molecule has 0 aromatic rings. The molecule has 0 amide bonds. The van der Waals surface area contributed by atoms with Crippen LogP contribution in [0.5, 0.6) is 0 Å². The zero-order valence-corrected chi connectivity index (χ0v) is 11.1. The Kier molecular flexibility index (Phi) is 5.04. The molecule has 7 nitrogen and oxygen atoms in total. The van der Waals surface area contributed by atoms with Crippen molar-refractivity contribution in [2.45, 2.75) is 24.0 Å². The molecule has 0 radical (unpaired) electrons. The van der Waals surface area contributed by atoms with Crippen LogP contribution >= 0.6 is 27.1 Å². The highest BCUT2D eigenvalue weighted by Gasteiger charge is 2.45. The van der Waals surface area contributed by atoms with Gasteiger partial charge in [-0.1, -0.05) is 6.42 Å². The minimum absolute atomic E-state index is 0.587. The molecule has 0 spiro atoms. The predicted octanol–water partition coefficient (Wildman–Crippen LogP) is 0.760. The molecule has 1 saturated heterocycles.